The molecule has 1 heterocycles. The topological polar surface area (TPSA) is 121 Å². The molecule has 0 bridgehead atoms. The minimum Gasteiger partial charge on any atom is -0.493 e. The number of carbonyl (C=O) groups excluding carboxylic acids is 1. The van der Waals surface area contributed by atoms with Gasteiger partial charge in [-0.05, 0) is 44.5 Å². The number of nitrogens with zero attached hydrogens (tertiary/aromatic N) is 2. The summed E-state index contributed by atoms with van der Waals surface area (Å²) < 4.78 is 11.1. The molecule has 0 radical (unpaired) electrons. The molecular weight excluding hydrogens is 534 g/mol. The van der Waals surface area contributed by atoms with Crippen molar-refractivity contribution in [2.45, 2.75) is 37.6 Å². The molecule has 0 unspecified atom stereocenters. The first-order valence-electron chi connectivity index (χ1n) is 14.3. The Hall–Kier alpha value is -4.21. The average Bonchev–Trinajstić information content (AvgIpc) is 3.01. The van der Waals surface area contributed by atoms with Gasteiger partial charge in [0.2, 0.25) is 5.91 Å². The Balaban J connectivity index is 1.80. The second-order valence-electron chi connectivity index (χ2n) is 10.3. The van der Waals surface area contributed by atoms with Crippen molar-refractivity contribution in [3.05, 3.63) is 89.5 Å². The van der Waals surface area contributed by atoms with Crippen LogP contribution in [0.15, 0.2) is 77.8 Å². The normalized spacial score (nSPS) is 15.5. The molecule has 1 fully saturated rings. The number of amides is 1. The van der Waals surface area contributed by atoms with Gasteiger partial charge < -0.3 is 25.0 Å². The molecule has 2 atom stereocenters. The standard InChI is InChI=1S/C33H39N3O6/c1-41-28-17-11-15-25(32(28)42-2)24(18-21-37)31(33(39)40)35-30(23-12-5-3-6-13-23)26-14-7-8-16-27(26)34-29(38)22-36-19-9-4-10-20-36/h3,5-8,11-17,24,31,37H,4,9-10,18-22H2,1-2H3,(H,34,38)(H,39,40)/t24-,31+/m0/s1. The molecule has 3 N–H and O–H groups in total. The van der Waals surface area contributed by atoms with Gasteiger partial charge in [0.15, 0.2) is 17.5 Å². The van der Waals surface area contributed by atoms with Gasteiger partial charge >= 0.3 is 5.97 Å². The smallest absolute Gasteiger partial charge is 0.329 e. The third-order valence-electron chi connectivity index (χ3n) is 7.49. The molecule has 9 nitrogen and oxygen atoms in total. The van der Waals surface area contributed by atoms with E-state index in [-0.39, 0.29) is 25.5 Å². The first-order chi connectivity index (χ1) is 20.5. The van der Waals surface area contributed by atoms with Gasteiger partial charge in [-0.1, -0.05) is 67.1 Å². The highest BCUT2D eigenvalue weighted by atomic mass is 16.5. The van der Waals surface area contributed by atoms with E-state index in [1.807, 2.05) is 48.5 Å². The van der Waals surface area contributed by atoms with Gasteiger partial charge in [0.25, 0.3) is 0 Å². The number of methoxy groups -OCH3 is 2. The predicted molar refractivity (Wildman–Crippen MR) is 163 cm³/mol. The molecule has 222 valence electrons. The number of aliphatic carboxylic acids is 1. The number of para-hydroxylation sites is 2. The number of carbonyl (C=O) groups is 2. The molecular formula is C33H39N3O6. The predicted octanol–water partition coefficient (Wildman–Crippen LogP) is 4.59. The van der Waals surface area contributed by atoms with Gasteiger partial charge in [0.1, 0.15) is 0 Å². The van der Waals surface area contributed by atoms with Gasteiger partial charge in [0.05, 0.1) is 32.2 Å². The van der Waals surface area contributed by atoms with Crippen LogP contribution < -0.4 is 14.8 Å². The summed E-state index contributed by atoms with van der Waals surface area (Å²) in [5, 5.41) is 23.6. The number of hydrogen-bond donors (Lipinski definition) is 3. The average molecular weight is 574 g/mol. The van der Waals surface area contributed by atoms with Crippen LogP contribution in [0.3, 0.4) is 0 Å². The van der Waals surface area contributed by atoms with Crippen molar-refractivity contribution >= 4 is 23.3 Å². The number of carboxylic acids is 1. The Morgan fingerprint density at radius 1 is 0.929 bits per heavy atom. The van der Waals surface area contributed by atoms with Crippen LogP contribution in [0.1, 0.15) is 48.3 Å². The van der Waals surface area contributed by atoms with Crippen LogP contribution in [-0.4, -0.2) is 79.2 Å². The summed E-state index contributed by atoms with van der Waals surface area (Å²) in [5.41, 5.74) is 2.83. The fourth-order valence-electron chi connectivity index (χ4n) is 5.49. The van der Waals surface area contributed by atoms with Gasteiger partial charge in [-0.2, -0.15) is 0 Å². The number of rotatable bonds is 13. The van der Waals surface area contributed by atoms with Crippen LogP contribution >= 0.6 is 0 Å². The van der Waals surface area contributed by atoms with E-state index in [0.717, 1.165) is 25.9 Å². The summed E-state index contributed by atoms with van der Waals surface area (Å²) in [7, 11) is 3.01. The van der Waals surface area contributed by atoms with Crippen molar-refractivity contribution in [1.29, 1.82) is 0 Å². The lowest BCUT2D eigenvalue weighted by Gasteiger charge is -2.26. The number of piperidine rings is 1. The third kappa shape index (κ3) is 7.54. The fraction of sp³-hybridized carbons (Fsp3) is 0.364. The lowest BCUT2D eigenvalue weighted by molar-refractivity contribution is -0.139. The highest BCUT2D eigenvalue weighted by Crippen LogP contribution is 2.39. The van der Waals surface area contributed by atoms with Crippen LogP contribution in [0, 0.1) is 0 Å². The SMILES string of the molecule is COc1cccc([C@H](CCO)[C@@H](N=C(c2ccccc2)c2ccccc2NC(=O)CN2CCCCC2)C(=O)O)c1OC. The maximum atomic E-state index is 13.1. The maximum Gasteiger partial charge on any atom is 0.329 e. The Labute approximate surface area is 246 Å². The highest BCUT2D eigenvalue weighted by molar-refractivity contribution is 6.17. The van der Waals surface area contributed by atoms with E-state index >= 15 is 0 Å². The summed E-state index contributed by atoms with van der Waals surface area (Å²) in [6, 6.07) is 20.6. The third-order valence-corrected chi connectivity index (χ3v) is 7.49. The maximum absolute atomic E-state index is 13.1. The second-order valence-corrected chi connectivity index (χ2v) is 10.3. The minimum absolute atomic E-state index is 0.125. The second kappa shape index (κ2) is 15.1. The Morgan fingerprint density at radius 3 is 2.31 bits per heavy atom. The van der Waals surface area contributed by atoms with E-state index in [2.05, 4.69) is 10.2 Å². The molecule has 9 heteroatoms. The molecule has 1 amide bonds. The number of aliphatic hydroxyl groups is 1. The van der Waals surface area contributed by atoms with Crippen molar-refractivity contribution in [1.82, 2.24) is 4.90 Å². The van der Waals surface area contributed by atoms with Gasteiger partial charge in [-0.3, -0.25) is 14.7 Å². The van der Waals surface area contributed by atoms with E-state index in [9.17, 15) is 19.8 Å². The lowest BCUT2D eigenvalue weighted by Crippen LogP contribution is -2.37. The van der Waals surface area contributed by atoms with Crippen molar-refractivity contribution < 1.29 is 29.3 Å². The highest BCUT2D eigenvalue weighted by Gasteiger charge is 2.33. The van der Waals surface area contributed by atoms with Crippen LogP contribution in [0.4, 0.5) is 5.69 Å². The molecule has 1 saturated heterocycles. The molecule has 1 aliphatic rings. The zero-order chi connectivity index (χ0) is 29.9. The molecule has 3 aromatic rings. The summed E-state index contributed by atoms with van der Waals surface area (Å²) in [6.45, 7) is 1.82. The van der Waals surface area contributed by atoms with E-state index in [0.29, 0.717) is 39.6 Å². The molecule has 3 aromatic carbocycles. The van der Waals surface area contributed by atoms with Crippen LogP contribution in [-0.2, 0) is 9.59 Å². The van der Waals surface area contributed by atoms with Gasteiger partial charge in [0, 0.05) is 29.2 Å². The van der Waals surface area contributed by atoms with Crippen LogP contribution in [0.25, 0.3) is 0 Å². The first kappa shape index (κ1) is 30.7. The van der Waals surface area contributed by atoms with Gasteiger partial charge in [-0.25, -0.2) is 4.79 Å². The quantitative estimate of drug-likeness (QED) is 0.256. The molecule has 0 aliphatic carbocycles. The Morgan fingerprint density at radius 2 is 1.64 bits per heavy atom. The number of anilines is 1. The first-order valence-corrected chi connectivity index (χ1v) is 14.3. The van der Waals surface area contributed by atoms with E-state index in [1.165, 1.54) is 20.6 Å². The summed E-state index contributed by atoms with van der Waals surface area (Å²) in [4.78, 5) is 33.0. The Kier molecular flexibility index (Phi) is 11.1. The fourth-order valence-corrected chi connectivity index (χ4v) is 5.49. The van der Waals surface area contributed by atoms with Crippen LogP contribution in [0.5, 0.6) is 11.5 Å². The molecule has 0 aromatic heterocycles. The summed E-state index contributed by atoms with van der Waals surface area (Å²) >= 11 is 0. The van der Waals surface area contributed by atoms with E-state index in [4.69, 9.17) is 14.5 Å². The minimum atomic E-state index is -1.29. The number of nitrogens with one attached hydrogen (secondary N) is 1. The number of carboxylic acid groups (broad SMARTS) is 1. The van der Waals surface area contributed by atoms with Crippen LogP contribution in [0.2, 0.25) is 0 Å². The number of ether oxygens (including phenoxy) is 2. The number of hydrogen-bond acceptors (Lipinski definition) is 7. The van der Waals surface area contributed by atoms with Crippen molar-refractivity contribution in [3.63, 3.8) is 0 Å². The number of aliphatic hydroxyl groups excluding tert-OH is 1. The lowest BCUT2D eigenvalue weighted by atomic mass is 9.87. The van der Waals surface area contributed by atoms with E-state index < -0.39 is 17.9 Å². The molecule has 42 heavy (non-hydrogen) atoms. The zero-order valence-corrected chi connectivity index (χ0v) is 24.2. The molecule has 0 spiro atoms. The van der Waals surface area contributed by atoms with Crippen molar-refractivity contribution in [2.75, 3.05) is 45.8 Å². The van der Waals surface area contributed by atoms with Gasteiger partial charge in [-0.15, -0.1) is 0 Å². The summed E-state index contributed by atoms with van der Waals surface area (Å²) in [5.74, 6) is -1.18. The van der Waals surface area contributed by atoms with E-state index in [1.54, 1.807) is 24.3 Å². The van der Waals surface area contributed by atoms with Crippen molar-refractivity contribution in [3.8, 4) is 11.5 Å². The summed E-state index contributed by atoms with van der Waals surface area (Å²) in [6.07, 6.45) is 3.47. The number of aliphatic imine (C=N–C) groups is 1. The Bertz CT molecular complexity index is 1370. The van der Waals surface area contributed by atoms with Crippen molar-refractivity contribution in [2.24, 2.45) is 4.99 Å². The number of benzene rings is 3. The molecule has 1 aliphatic heterocycles. The molecule has 0 saturated carbocycles. The zero-order valence-electron chi connectivity index (χ0n) is 24.2. The largest absolute Gasteiger partial charge is 0.493 e. The monoisotopic (exact) mass is 573 g/mol. The number of likely N-dealkylation sites (tertiary alicyclic amines) is 1. The molecule has 4 rings (SSSR count).